The molecule has 0 aliphatic rings. The van der Waals surface area contributed by atoms with Gasteiger partial charge in [0.25, 0.3) is 0 Å². The Kier molecular flexibility index (Phi) is 5.22. The summed E-state index contributed by atoms with van der Waals surface area (Å²) in [6, 6.07) is 4.64. The minimum absolute atomic E-state index is 0.0504. The first-order valence-corrected chi connectivity index (χ1v) is 9.33. The summed E-state index contributed by atoms with van der Waals surface area (Å²) < 4.78 is 39.6. The van der Waals surface area contributed by atoms with E-state index in [1.165, 1.54) is 23.9 Å². The third kappa shape index (κ3) is 4.00. The van der Waals surface area contributed by atoms with Crippen LogP contribution in [0.25, 0.3) is 10.1 Å². The number of nitrogens with two attached hydrogens (primary N) is 1. The molecule has 3 aromatic rings. The second-order valence-electron chi connectivity index (χ2n) is 5.10. The van der Waals surface area contributed by atoms with E-state index in [9.17, 15) is 13.2 Å². The van der Waals surface area contributed by atoms with Gasteiger partial charge in [-0.3, -0.25) is 0 Å². The molecular formula is C15H9ClF3N5S2. The Balaban J connectivity index is 1.79. The molecule has 0 radical (unpaired) electrons. The molecule has 0 saturated carbocycles. The largest absolute Gasteiger partial charge is 0.417 e. The molecule has 0 aromatic carbocycles. The van der Waals surface area contributed by atoms with E-state index in [0.29, 0.717) is 27.7 Å². The van der Waals surface area contributed by atoms with E-state index < -0.39 is 11.7 Å². The highest BCUT2D eigenvalue weighted by Gasteiger charge is 2.34. The maximum Gasteiger partial charge on any atom is 0.417 e. The molecule has 0 bridgehead atoms. The topological polar surface area (TPSA) is 88.5 Å². The maximum atomic E-state index is 13.1. The fourth-order valence-corrected chi connectivity index (χ4v) is 4.31. The van der Waals surface area contributed by atoms with Gasteiger partial charge in [-0.25, -0.2) is 15.0 Å². The number of anilines is 1. The Morgan fingerprint density at radius 3 is 2.73 bits per heavy atom. The zero-order chi connectivity index (χ0) is 18.9. The van der Waals surface area contributed by atoms with E-state index in [1.807, 2.05) is 6.07 Å². The van der Waals surface area contributed by atoms with Crippen molar-refractivity contribution >= 4 is 50.6 Å². The van der Waals surface area contributed by atoms with Crippen molar-refractivity contribution in [3.63, 3.8) is 0 Å². The van der Waals surface area contributed by atoms with Crippen LogP contribution in [-0.2, 0) is 12.6 Å². The van der Waals surface area contributed by atoms with Crippen LogP contribution in [0.15, 0.2) is 22.7 Å². The van der Waals surface area contributed by atoms with E-state index >= 15 is 0 Å². The highest BCUT2D eigenvalue weighted by Crippen LogP contribution is 2.40. The molecule has 0 atom stereocenters. The predicted octanol–water partition coefficient (Wildman–Crippen LogP) is 4.55. The Bertz CT molecular complexity index is 1010. The Labute approximate surface area is 159 Å². The molecule has 134 valence electrons. The predicted molar refractivity (Wildman–Crippen MR) is 95.2 cm³/mol. The van der Waals surface area contributed by atoms with Crippen LogP contribution in [-0.4, -0.2) is 20.7 Å². The van der Waals surface area contributed by atoms with Gasteiger partial charge in [0, 0.05) is 28.3 Å². The molecule has 11 heteroatoms. The lowest BCUT2D eigenvalue weighted by atomic mass is 10.1. The number of aryl methyl sites for hydroxylation is 1. The van der Waals surface area contributed by atoms with Crippen LogP contribution < -0.4 is 5.73 Å². The van der Waals surface area contributed by atoms with E-state index in [1.54, 1.807) is 0 Å². The molecule has 0 amide bonds. The number of fused-ring (bicyclic) bond motifs is 1. The van der Waals surface area contributed by atoms with Gasteiger partial charge in [0.1, 0.15) is 22.7 Å². The van der Waals surface area contributed by atoms with Crippen LogP contribution in [0, 0.1) is 11.3 Å². The van der Waals surface area contributed by atoms with E-state index in [0.717, 1.165) is 16.7 Å². The van der Waals surface area contributed by atoms with Gasteiger partial charge in [0.05, 0.1) is 10.3 Å². The SMILES string of the molecule is N#Cc1cc(N)nc(SCCc2cc3c(C(F)(F)F)csc3c(Cl)n2)n1. The van der Waals surface area contributed by atoms with Gasteiger partial charge < -0.3 is 5.73 Å². The molecule has 0 aliphatic carbocycles. The molecular weight excluding hydrogens is 407 g/mol. The summed E-state index contributed by atoms with van der Waals surface area (Å²) in [5, 5.41) is 10.3. The van der Waals surface area contributed by atoms with Gasteiger partial charge in [-0.2, -0.15) is 18.4 Å². The number of aromatic nitrogens is 3. The number of thioether (sulfide) groups is 1. The van der Waals surface area contributed by atoms with Crippen LogP contribution in [0.4, 0.5) is 19.0 Å². The van der Waals surface area contributed by atoms with Gasteiger partial charge >= 0.3 is 6.18 Å². The van der Waals surface area contributed by atoms with Crippen molar-refractivity contribution < 1.29 is 13.2 Å². The van der Waals surface area contributed by atoms with Crippen LogP contribution in [0.3, 0.4) is 0 Å². The number of rotatable bonds is 4. The summed E-state index contributed by atoms with van der Waals surface area (Å²) in [6.45, 7) is 0. The molecule has 0 aliphatic heterocycles. The molecule has 0 unspecified atom stereocenters. The first-order chi connectivity index (χ1) is 12.3. The lowest BCUT2D eigenvalue weighted by Crippen LogP contribution is -2.04. The third-order valence-corrected chi connectivity index (χ3v) is 5.54. The number of nitriles is 1. The van der Waals surface area contributed by atoms with Gasteiger partial charge in [-0.15, -0.1) is 11.3 Å². The van der Waals surface area contributed by atoms with Crippen molar-refractivity contribution in [1.82, 2.24) is 15.0 Å². The molecule has 3 heterocycles. The van der Waals surface area contributed by atoms with Crippen molar-refractivity contribution in [2.75, 3.05) is 11.5 Å². The van der Waals surface area contributed by atoms with Crippen LogP contribution >= 0.6 is 34.7 Å². The number of halogens is 4. The lowest BCUT2D eigenvalue weighted by Gasteiger charge is -2.07. The second-order valence-corrected chi connectivity index (χ2v) is 7.40. The summed E-state index contributed by atoms with van der Waals surface area (Å²) in [4.78, 5) is 12.2. The Hall–Kier alpha value is -2.09. The number of thiophene rings is 1. The second kappa shape index (κ2) is 7.26. The molecule has 3 rings (SSSR count). The minimum atomic E-state index is -4.45. The lowest BCUT2D eigenvalue weighted by molar-refractivity contribution is -0.136. The normalized spacial score (nSPS) is 11.7. The van der Waals surface area contributed by atoms with E-state index in [-0.39, 0.29) is 22.1 Å². The van der Waals surface area contributed by atoms with Crippen molar-refractivity contribution in [2.24, 2.45) is 0 Å². The number of pyridine rings is 1. The highest BCUT2D eigenvalue weighted by molar-refractivity contribution is 7.99. The van der Waals surface area contributed by atoms with Crippen LogP contribution in [0.1, 0.15) is 17.0 Å². The molecule has 0 saturated heterocycles. The van der Waals surface area contributed by atoms with Crippen molar-refractivity contribution in [3.05, 3.63) is 39.6 Å². The monoisotopic (exact) mass is 415 g/mol. The Morgan fingerprint density at radius 2 is 2.04 bits per heavy atom. The highest BCUT2D eigenvalue weighted by atomic mass is 35.5. The fourth-order valence-electron chi connectivity index (χ4n) is 2.21. The smallest absolute Gasteiger partial charge is 0.384 e. The molecule has 0 fully saturated rings. The zero-order valence-corrected chi connectivity index (χ0v) is 15.2. The fraction of sp³-hybridized carbons (Fsp3) is 0.200. The van der Waals surface area contributed by atoms with E-state index in [4.69, 9.17) is 22.6 Å². The number of alkyl halides is 3. The van der Waals surface area contributed by atoms with Crippen LogP contribution in [0.5, 0.6) is 0 Å². The average molecular weight is 416 g/mol. The molecule has 0 spiro atoms. The van der Waals surface area contributed by atoms with Crippen molar-refractivity contribution in [1.29, 1.82) is 5.26 Å². The van der Waals surface area contributed by atoms with Gasteiger partial charge in [0.2, 0.25) is 0 Å². The molecule has 2 N–H and O–H groups in total. The molecule has 26 heavy (non-hydrogen) atoms. The number of hydrogen-bond acceptors (Lipinski definition) is 7. The van der Waals surface area contributed by atoms with E-state index in [2.05, 4.69) is 15.0 Å². The van der Waals surface area contributed by atoms with Crippen molar-refractivity contribution in [2.45, 2.75) is 17.8 Å². The third-order valence-electron chi connectivity index (χ3n) is 3.30. The average Bonchev–Trinajstić information content (AvgIpc) is 2.99. The van der Waals surface area contributed by atoms with Gasteiger partial charge in [0.15, 0.2) is 5.16 Å². The van der Waals surface area contributed by atoms with Crippen molar-refractivity contribution in [3.8, 4) is 6.07 Å². The quantitative estimate of drug-likeness (QED) is 0.382. The summed E-state index contributed by atoms with van der Waals surface area (Å²) >= 11 is 8.17. The summed E-state index contributed by atoms with van der Waals surface area (Å²) in [7, 11) is 0. The number of hydrogen-bond donors (Lipinski definition) is 1. The van der Waals surface area contributed by atoms with Crippen LogP contribution in [0.2, 0.25) is 5.15 Å². The zero-order valence-electron chi connectivity index (χ0n) is 12.8. The maximum absolute atomic E-state index is 13.1. The number of nitrogen functional groups attached to an aromatic ring is 1. The summed E-state index contributed by atoms with van der Waals surface area (Å²) in [6.07, 6.45) is -4.09. The standard InChI is InChI=1S/C15H9ClF3N5S2/c16-13-12-9(10(6-26-12)15(17,18)19)3-7(22-13)1-2-25-14-23-8(5-20)4-11(21)24-14/h3-4,6H,1-2H2,(H2,21,23,24). The summed E-state index contributed by atoms with van der Waals surface area (Å²) in [5.74, 6) is 0.615. The minimum Gasteiger partial charge on any atom is -0.384 e. The van der Waals surface area contributed by atoms with Gasteiger partial charge in [-0.05, 0) is 12.5 Å². The number of nitrogens with zero attached hydrogens (tertiary/aromatic N) is 4. The molecule has 5 nitrogen and oxygen atoms in total. The first-order valence-electron chi connectivity index (χ1n) is 7.09. The Morgan fingerprint density at radius 1 is 1.27 bits per heavy atom. The van der Waals surface area contributed by atoms with Gasteiger partial charge in [-0.1, -0.05) is 23.4 Å². The first kappa shape index (κ1) is 18.7. The molecule has 3 aromatic heterocycles. The summed E-state index contributed by atoms with van der Waals surface area (Å²) in [5.41, 5.74) is 5.46.